The number of carbonyl (C=O) groups excluding carboxylic acids is 2. The predicted molar refractivity (Wildman–Crippen MR) is 302 cm³/mol. The quantitative estimate of drug-likeness (QED) is 0.0161. The summed E-state index contributed by atoms with van der Waals surface area (Å²) < 4.78 is 30.2. The number of unbranched alkanes of at least 4 members (excludes halogenated alkanes) is 24. The van der Waals surface area contributed by atoms with Crippen molar-refractivity contribution >= 4 is 19.7 Å². The number of amides is 1. The SMILES string of the molecule is CCCCC/C=C\C/C=C\C/C=C\C/C=C\CCCC(=O)OC(/C=C/CCCCCCCCCCCC)C(COP(=O)([O-])OCC[N+](C)(C)C)NC(=O)CCCCC/C=C/C=C/CCCCCCCCC. The number of rotatable bonds is 51. The molecule has 0 saturated carbocycles. The highest BCUT2D eigenvalue weighted by molar-refractivity contribution is 7.45. The highest BCUT2D eigenvalue weighted by Gasteiger charge is 2.27. The van der Waals surface area contributed by atoms with Crippen molar-refractivity contribution in [2.24, 2.45) is 0 Å². The monoisotopic (exact) mass is 1010 g/mol. The van der Waals surface area contributed by atoms with Gasteiger partial charge in [0.1, 0.15) is 19.3 Å². The lowest BCUT2D eigenvalue weighted by Crippen LogP contribution is -2.47. The topological polar surface area (TPSA) is 114 Å². The molecular weight excluding hydrogens is 904 g/mol. The van der Waals surface area contributed by atoms with Gasteiger partial charge in [0.2, 0.25) is 5.91 Å². The Morgan fingerprint density at radius 3 is 1.42 bits per heavy atom. The Kier molecular flexibility index (Phi) is 48.7. The number of allylic oxidation sites excluding steroid dienone is 13. The minimum absolute atomic E-state index is 0.0390. The number of likely N-dealkylation sites (N-methyl/N-ethyl adjacent to an activating group) is 1. The van der Waals surface area contributed by atoms with Crippen LogP contribution >= 0.6 is 7.82 Å². The smallest absolute Gasteiger partial charge is 0.306 e. The number of ether oxygens (including phenoxy) is 1. The van der Waals surface area contributed by atoms with E-state index in [-0.39, 0.29) is 25.4 Å². The number of quaternary nitrogens is 1. The fourth-order valence-electron chi connectivity index (χ4n) is 7.80. The molecule has 0 fully saturated rings. The fourth-order valence-corrected chi connectivity index (χ4v) is 8.52. The molecule has 9 nitrogen and oxygen atoms in total. The Labute approximate surface area is 437 Å². The van der Waals surface area contributed by atoms with E-state index in [1.54, 1.807) is 6.08 Å². The molecule has 410 valence electrons. The number of nitrogens with zero attached hydrogens (tertiary/aromatic N) is 1. The van der Waals surface area contributed by atoms with Crippen LogP contribution in [0, 0.1) is 0 Å². The first kappa shape index (κ1) is 68.2. The van der Waals surface area contributed by atoms with Gasteiger partial charge in [0.15, 0.2) is 0 Å². The van der Waals surface area contributed by atoms with Crippen molar-refractivity contribution < 1.29 is 37.3 Å². The van der Waals surface area contributed by atoms with Crippen molar-refractivity contribution in [3.8, 4) is 0 Å². The second-order valence-electron chi connectivity index (χ2n) is 20.5. The first-order chi connectivity index (χ1) is 34.4. The molecule has 0 bridgehead atoms. The highest BCUT2D eigenvalue weighted by atomic mass is 31.2. The van der Waals surface area contributed by atoms with E-state index in [4.69, 9.17) is 13.8 Å². The third kappa shape index (κ3) is 51.9. The van der Waals surface area contributed by atoms with Gasteiger partial charge in [0.05, 0.1) is 33.8 Å². The Hall–Kier alpha value is -2.81. The van der Waals surface area contributed by atoms with Crippen LogP contribution in [0.5, 0.6) is 0 Å². The molecule has 0 heterocycles. The van der Waals surface area contributed by atoms with Crippen LogP contribution in [-0.4, -0.2) is 69.4 Å². The van der Waals surface area contributed by atoms with Gasteiger partial charge in [0, 0.05) is 12.8 Å². The molecule has 0 aliphatic rings. The van der Waals surface area contributed by atoms with Crippen LogP contribution in [-0.2, 0) is 27.9 Å². The van der Waals surface area contributed by atoms with E-state index >= 15 is 0 Å². The van der Waals surface area contributed by atoms with Crippen LogP contribution in [0.25, 0.3) is 0 Å². The van der Waals surface area contributed by atoms with Gasteiger partial charge in [-0.25, -0.2) is 0 Å². The Morgan fingerprint density at radius 2 is 0.915 bits per heavy atom. The molecule has 0 radical (unpaired) electrons. The van der Waals surface area contributed by atoms with Crippen molar-refractivity contribution in [3.63, 3.8) is 0 Å². The number of hydrogen-bond acceptors (Lipinski definition) is 7. The maximum atomic E-state index is 13.5. The third-order valence-electron chi connectivity index (χ3n) is 12.3. The summed E-state index contributed by atoms with van der Waals surface area (Å²) in [5, 5.41) is 2.99. The number of hydrogen-bond donors (Lipinski definition) is 1. The molecule has 0 aliphatic heterocycles. The van der Waals surface area contributed by atoms with E-state index < -0.39 is 32.5 Å². The lowest BCUT2D eigenvalue weighted by Gasteiger charge is -2.30. The maximum absolute atomic E-state index is 13.5. The van der Waals surface area contributed by atoms with Gasteiger partial charge < -0.3 is 28.5 Å². The van der Waals surface area contributed by atoms with Gasteiger partial charge in [-0.2, -0.15) is 0 Å². The molecule has 0 aromatic rings. The maximum Gasteiger partial charge on any atom is 0.306 e. The van der Waals surface area contributed by atoms with Gasteiger partial charge in [-0.05, 0) is 96.0 Å². The first-order valence-corrected chi connectivity index (χ1v) is 30.4. The van der Waals surface area contributed by atoms with E-state index in [2.05, 4.69) is 99.0 Å². The zero-order valence-corrected chi connectivity index (χ0v) is 47.5. The van der Waals surface area contributed by atoms with E-state index in [9.17, 15) is 19.0 Å². The normalized spacial score (nSPS) is 14.4. The number of phosphoric acid groups is 1. The molecule has 3 atom stereocenters. The van der Waals surface area contributed by atoms with Gasteiger partial charge in [-0.1, -0.05) is 215 Å². The van der Waals surface area contributed by atoms with Crippen LogP contribution in [0.2, 0.25) is 0 Å². The lowest BCUT2D eigenvalue weighted by atomic mass is 10.1. The molecule has 0 saturated heterocycles. The summed E-state index contributed by atoms with van der Waals surface area (Å²) >= 11 is 0. The number of nitrogens with one attached hydrogen (secondary N) is 1. The summed E-state index contributed by atoms with van der Waals surface area (Å²) in [7, 11) is 1.13. The fraction of sp³-hybridized carbons (Fsp3) is 0.738. The average molecular weight is 1010 g/mol. The van der Waals surface area contributed by atoms with Crippen molar-refractivity contribution in [2.75, 3.05) is 40.9 Å². The summed E-state index contributed by atoms with van der Waals surface area (Å²) in [5.41, 5.74) is 0. The average Bonchev–Trinajstić information content (AvgIpc) is 3.33. The van der Waals surface area contributed by atoms with Gasteiger partial charge in [-0.3, -0.25) is 14.2 Å². The predicted octanol–water partition coefficient (Wildman–Crippen LogP) is 16.8. The summed E-state index contributed by atoms with van der Waals surface area (Å²) in [4.78, 5) is 39.8. The number of phosphoric ester groups is 1. The summed E-state index contributed by atoms with van der Waals surface area (Å²) in [5.74, 6) is -0.641. The summed E-state index contributed by atoms with van der Waals surface area (Å²) in [6.07, 6.45) is 65.6. The Bertz CT molecular complexity index is 1490. The lowest BCUT2D eigenvalue weighted by molar-refractivity contribution is -0.870. The van der Waals surface area contributed by atoms with Crippen LogP contribution in [0.1, 0.15) is 239 Å². The highest BCUT2D eigenvalue weighted by Crippen LogP contribution is 2.38. The first-order valence-electron chi connectivity index (χ1n) is 28.9. The molecule has 71 heavy (non-hydrogen) atoms. The van der Waals surface area contributed by atoms with Gasteiger partial charge >= 0.3 is 5.97 Å². The number of carbonyl (C=O) groups is 2. The molecule has 0 spiro atoms. The molecule has 1 amide bonds. The largest absolute Gasteiger partial charge is 0.756 e. The molecule has 0 rings (SSSR count). The second kappa shape index (κ2) is 50.7. The van der Waals surface area contributed by atoms with Crippen LogP contribution in [0.15, 0.2) is 85.1 Å². The standard InChI is InChI=1S/C61H109N2O7P/c1-7-10-13-16-19-22-25-28-30-32-34-36-39-42-45-48-51-54-61(65)70-59(52-49-46-43-40-37-27-24-21-18-15-12-9-3)58(57-69-71(66,67)68-56-55-63(4,5)6)62-60(64)53-50-47-44-41-38-35-33-31-29-26-23-20-17-14-11-8-2/h19,22,28,30-31,33-36,38,42,45,49,52,58-59H,7-18,20-21,23-27,29,32,37,39-41,43-44,46-48,50-51,53-57H2,1-6H3,(H-,62,64,66,67)/b22-19-,30-28-,33-31+,36-34-,38-35+,45-42-,52-49+. The Morgan fingerprint density at radius 1 is 0.507 bits per heavy atom. The van der Waals surface area contributed by atoms with Crippen molar-refractivity contribution in [2.45, 2.75) is 251 Å². The van der Waals surface area contributed by atoms with Crippen LogP contribution in [0.4, 0.5) is 0 Å². The van der Waals surface area contributed by atoms with Crippen molar-refractivity contribution in [3.05, 3.63) is 85.1 Å². The van der Waals surface area contributed by atoms with E-state index in [0.29, 0.717) is 23.9 Å². The van der Waals surface area contributed by atoms with Crippen molar-refractivity contribution in [1.29, 1.82) is 0 Å². The molecule has 0 aromatic carbocycles. The molecule has 0 aromatic heterocycles. The molecule has 10 heteroatoms. The molecule has 1 N–H and O–H groups in total. The van der Waals surface area contributed by atoms with Gasteiger partial charge in [0.25, 0.3) is 7.82 Å². The second-order valence-corrected chi connectivity index (χ2v) is 21.9. The van der Waals surface area contributed by atoms with Crippen LogP contribution in [0.3, 0.4) is 0 Å². The third-order valence-corrected chi connectivity index (χ3v) is 13.3. The zero-order chi connectivity index (χ0) is 52.2. The number of esters is 1. The van der Waals surface area contributed by atoms with Crippen LogP contribution < -0.4 is 10.2 Å². The summed E-state index contributed by atoms with van der Waals surface area (Å²) in [6, 6.07) is -0.927. The molecule has 0 aliphatic carbocycles. The Balaban J connectivity index is 5.50. The van der Waals surface area contributed by atoms with Crippen molar-refractivity contribution in [1.82, 2.24) is 5.32 Å². The van der Waals surface area contributed by atoms with E-state index in [1.807, 2.05) is 27.2 Å². The zero-order valence-electron chi connectivity index (χ0n) is 46.7. The molecule has 3 unspecified atom stereocenters. The molecular formula is C61H109N2O7P. The summed E-state index contributed by atoms with van der Waals surface area (Å²) in [6.45, 7) is 6.74. The minimum Gasteiger partial charge on any atom is -0.756 e. The minimum atomic E-state index is -4.72. The van der Waals surface area contributed by atoms with E-state index in [1.165, 1.54) is 122 Å². The van der Waals surface area contributed by atoms with Gasteiger partial charge in [-0.15, -0.1) is 0 Å². The van der Waals surface area contributed by atoms with E-state index in [0.717, 1.165) is 70.6 Å².